The van der Waals surface area contributed by atoms with E-state index in [1.165, 1.54) is 35.0 Å². The molecule has 136 valence electrons. The minimum absolute atomic E-state index is 0.587. The number of aromatic amines is 2. The molecule has 0 saturated heterocycles. The highest BCUT2D eigenvalue weighted by molar-refractivity contribution is 5.83. The predicted octanol–water partition coefficient (Wildman–Crippen LogP) is 4.22. The highest BCUT2D eigenvalue weighted by Gasteiger charge is 2.25. The molecule has 7 heteroatoms. The standard InChI is InChI=1S/C20H21N7/c1-12-10-22-16-5-2-13(8-15(12)16)11-23-20-21-7-6-18(25-20)24-19-9-17(26-27-19)14-3-4-14/h2,5-10,14,22H,3-4,11H2,1H3,(H3,21,23,24,25,26,27). The second kappa shape index (κ2) is 6.42. The van der Waals surface area contributed by atoms with Crippen LogP contribution in [-0.4, -0.2) is 25.1 Å². The quantitative estimate of drug-likeness (QED) is 0.413. The molecule has 0 radical (unpaired) electrons. The van der Waals surface area contributed by atoms with Crippen molar-refractivity contribution < 1.29 is 0 Å². The van der Waals surface area contributed by atoms with Crippen LogP contribution in [0.25, 0.3) is 10.9 Å². The number of rotatable bonds is 6. The van der Waals surface area contributed by atoms with Crippen molar-refractivity contribution in [2.24, 2.45) is 0 Å². The molecule has 1 fully saturated rings. The van der Waals surface area contributed by atoms with Crippen LogP contribution in [0.1, 0.15) is 35.6 Å². The summed E-state index contributed by atoms with van der Waals surface area (Å²) in [6.07, 6.45) is 6.27. The minimum atomic E-state index is 0.587. The highest BCUT2D eigenvalue weighted by atomic mass is 15.2. The second-order valence-electron chi connectivity index (χ2n) is 7.08. The van der Waals surface area contributed by atoms with Crippen molar-refractivity contribution in [3.05, 3.63) is 59.5 Å². The maximum absolute atomic E-state index is 4.53. The van der Waals surface area contributed by atoms with E-state index in [1.807, 2.05) is 12.3 Å². The molecule has 0 spiro atoms. The second-order valence-corrected chi connectivity index (χ2v) is 7.08. The van der Waals surface area contributed by atoms with Crippen molar-refractivity contribution in [3.63, 3.8) is 0 Å². The van der Waals surface area contributed by atoms with Gasteiger partial charge in [-0.2, -0.15) is 10.1 Å². The summed E-state index contributed by atoms with van der Waals surface area (Å²) in [4.78, 5) is 12.1. The molecule has 0 bridgehead atoms. The first-order chi connectivity index (χ1) is 13.2. The molecule has 1 aliphatic carbocycles. The van der Waals surface area contributed by atoms with Crippen LogP contribution in [0.2, 0.25) is 0 Å². The molecule has 0 amide bonds. The molecule has 4 aromatic rings. The van der Waals surface area contributed by atoms with Crippen molar-refractivity contribution in [2.75, 3.05) is 10.6 Å². The van der Waals surface area contributed by atoms with E-state index in [1.54, 1.807) is 6.20 Å². The molecule has 1 aromatic carbocycles. The lowest BCUT2D eigenvalue weighted by atomic mass is 10.1. The van der Waals surface area contributed by atoms with E-state index in [4.69, 9.17) is 0 Å². The van der Waals surface area contributed by atoms with Crippen LogP contribution in [0.15, 0.2) is 42.7 Å². The molecule has 3 heterocycles. The molecule has 4 N–H and O–H groups in total. The van der Waals surface area contributed by atoms with E-state index in [0.29, 0.717) is 18.4 Å². The van der Waals surface area contributed by atoms with Crippen molar-refractivity contribution >= 4 is 28.5 Å². The Morgan fingerprint density at radius 3 is 2.96 bits per heavy atom. The first-order valence-corrected chi connectivity index (χ1v) is 9.20. The topological polar surface area (TPSA) is 94.3 Å². The zero-order valence-corrected chi connectivity index (χ0v) is 15.1. The number of nitrogens with zero attached hydrogens (tertiary/aromatic N) is 3. The molecule has 0 unspecified atom stereocenters. The van der Waals surface area contributed by atoms with Crippen LogP contribution >= 0.6 is 0 Å². The molecule has 27 heavy (non-hydrogen) atoms. The molecule has 3 aromatic heterocycles. The normalized spacial score (nSPS) is 13.8. The van der Waals surface area contributed by atoms with Gasteiger partial charge in [0.2, 0.25) is 5.95 Å². The predicted molar refractivity (Wildman–Crippen MR) is 106 cm³/mol. The summed E-state index contributed by atoms with van der Waals surface area (Å²) < 4.78 is 0. The van der Waals surface area contributed by atoms with Crippen LogP contribution in [0.4, 0.5) is 17.6 Å². The maximum atomic E-state index is 4.53. The van der Waals surface area contributed by atoms with E-state index in [9.17, 15) is 0 Å². The Labute approximate surface area is 156 Å². The van der Waals surface area contributed by atoms with Crippen LogP contribution in [-0.2, 0) is 6.54 Å². The SMILES string of the molecule is Cc1c[nH]c2ccc(CNc3nccc(Nc4cc(C5CC5)[nH]n4)n3)cc12. The summed E-state index contributed by atoms with van der Waals surface area (Å²) in [5.41, 5.74) is 4.79. The van der Waals surface area contributed by atoms with Crippen LogP contribution < -0.4 is 10.6 Å². The average Bonchev–Trinajstić information content (AvgIpc) is 3.33. The Bertz CT molecular complexity index is 1090. The molecule has 0 aliphatic heterocycles. The Morgan fingerprint density at radius 2 is 2.07 bits per heavy atom. The van der Waals surface area contributed by atoms with E-state index in [2.05, 4.69) is 67.0 Å². The molecule has 1 aliphatic rings. The fourth-order valence-electron chi connectivity index (χ4n) is 3.25. The highest BCUT2D eigenvalue weighted by Crippen LogP contribution is 2.39. The summed E-state index contributed by atoms with van der Waals surface area (Å²) in [6, 6.07) is 10.3. The van der Waals surface area contributed by atoms with E-state index >= 15 is 0 Å². The van der Waals surface area contributed by atoms with E-state index in [-0.39, 0.29) is 0 Å². The maximum Gasteiger partial charge on any atom is 0.224 e. The summed E-state index contributed by atoms with van der Waals surface area (Å²) in [7, 11) is 0. The molecule has 5 rings (SSSR count). The fraction of sp³-hybridized carbons (Fsp3) is 0.250. The number of benzene rings is 1. The van der Waals surface area contributed by atoms with Gasteiger partial charge in [0.25, 0.3) is 0 Å². The van der Waals surface area contributed by atoms with Gasteiger partial charge in [-0.1, -0.05) is 6.07 Å². The van der Waals surface area contributed by atoms with Gasteiger partial charge in [-0.25, -0.2) is 4.98 Å². The number of aryl methyl sites for hydroxylation is 1. The lowest BCUT2D eigenvalue weighted by Gasteiger charge is -2.07. The summed E-state index contributed by atoms with van der Waals surface area (Å²) in [6.45, 7) is 2.77. The van der Waals surface area contributed by atoms with Crippen molar-refractivity contribution in [1.29, 1.82) is 0 Å². The number of nitrogens with one attached hydrogen (secondary N) is 4. The monoisotopic (exact) mass is 359 g/mol. The van der Waals surface area contributed by atoms with Crippen LogP contribution in [0, 0.1) is 6.92 Å². The zero-order valence-electron chi connectivity index (χ0n) is 15.1. The number of hydrogen-bond acceptors (Lipinski definition) is 5. The number of aromatic nitrogens is 5. The zero-order chi connectivity index (χ0) is 18.2. The number of anilines is 3. The van der Waals surface area contributed by atoms with Gasteiger partial charge in [-0.15, -0.1) is 0 Å². The summed E-state index contributed by atoms with van der Waals surface area (Å²) in [5, 5.41) is 15.2. The lowest BCUT2D eigenvalue weighted by Crippen LogP contribution is -2.05. The number of fused-ring (bicyclic) bond motifs is 1. The largest absolute Gasteiger partial charge is 0.361 e. The molecular formula is C20H21N7. The molecule has 7 nitrogen and oxygen atoms in total. The van der Waals surface area contributed by atoms with Gasteiger partial charge in [0.15, 0.2) is 5.82 Å². The fourth-order valence-corrected chi connectivity index (χ4v) is 3.25. The lowest BCUT2D eigenvalue weighted by molar-refractivity contribution is 0.966. The van der Waals surface area contributed by atoms with Crippen molar-refractivity contribution in [2.45, 2.75) is 32.2 Å². The number of hydrogen-bond donors (Lipinski definition) is 4. The molecule has 1 saturated carbocycles. The van der Waals surface area contributed by atoms with Crippen LogP contribution in [0.5, 0.6) is 0 Å². The average molecular weight is 359 g/mol. The van der Waals surface area contributed by atoms with Gasteiger partial charge in [0, 0.05) is 47.5 Å². The van der Waals surface area contributed by atoms with Crippen molar-refractivity contribution in [1.82, 2.24) is 25.1 Å². The Hall–Kier alpha value is -3.35. The third-order valence-electron chi connectivity index (χ3n) is 4.93. The summed E-state index contributed by atoms with van der Waals surface area (Å²) >= 11 is 0. The molecular weight excluding hydrogens is 338 g/mol. The van der Waals surface area contributed by atoms with Gasteiger partial charge < -0.3 is 15.6 Å². The summed E-state index contributed by atoms with van der Waals surface area (Å²) in [5.74, 6) is 2.74. The van der Waals surface area contributed by atoms with Crippen molar-refractivity contribution in [3.8, 4) is 0 Å². The first-order valence-electron chi connectivity index (χ1n) is 9.20. The van der Waals surface area contributed by atoms with Gasteiger partial charge in [0.1, 0.15) is 5.82 Å². The van der Waals surface area contributed by atoms with Crippen LogP contribution in [0.3, 0.4) is 0 Å². The first kappa shape index (κ1) is 15.9. The molecule has 0 atom stereocenters. The van der Waals surface area contributed by atoms with Gasteiger partial charge in [-0.05, 0) is 49.1 Å². The Morgan fingerprint density at radius 1 is 1.15 bits per heavy atom. The third kappa shape index (κ3) is 3.36. The Kier molecular flexibility index (Phi) is 3.78. The van der Waals surface area contributed by atoms with E-state index in [0.717, 1.165) is 17.2 Å². The van der Waals surface area contributed by atoms with Gasteiger partial charge in [-0.3, -0.25) is 5.10 Å². The smallest absolute Gasteiger partial charge is 0.224 e. The Balaban J connectivity index is 1.27. The minimum Gasteiger partial charge on any atom is -0.361 e. The van der Waals surface area contributed by atoms with E-state index < -0.39 is 0 Å². The van der Waals surface area contributed by atoms with Gasteiger partial charge in [0.05, 0.1) is 0 Å². The number of H-pyrrole nitrogens is 2. The van der Waals surface area contributed by atoms with Gasteiger partial charge >= 0.3 is 0 Å². The third-order valence-corrected chi connectivity index (χ3v) is 4.93.